The number of piperidine rings is 1. The maximum atomic E-state index is 11.0. The maximum Gasteiger partial charge on any atom is 0.288 e. The van der Waals surface area contributed by atoms with Gasteiger partial charge in [0.25, 0.3) is 5.69 Å². The Morgan fingerprint density at radius 2 is 2.29 bits per heavy atom. The maximum absolute atomic E-state index is 11.0. The Bertz CT molecular complexity index is 496. The zero-order chi connectivity index (χ0) is 15.2. The average molecular weight is 312 g/mol. The van der Waals surface area contributed by atoms with Crippen LogP contribution in [-0.2, 0) is 6.54 Å². The lowest BCUT2D eigenvalue weighted by molar-refractivity contribution is -0.384. The molecule has 1 aromatic carbocycles. The van der Waals surface area contributed by atoms with Gasteiger partial charge in [-0.1, -0.05) is 24.1 Å². The third-order valence-electron chi connectivity index (χ3n) is 4.07. The molecule has 5 nitrogen and oxygen atoms in total. The first-order valence-electron chi connectivity index (χ1n) is 7.43. The van der Waals surface area contributed by atoms with Gasteiger partial charge in [-0.25, -0.2) is 0 Å². The van der Waals surface area contributed by atoms with E-state index in [1.165, 1.54) is 19.3 Å². The van der Waals surface area contributed by atoms with Gasteiger partial charge in [0.2, 0.25) is 0 Å². The van der Waals surface area contributed by atoms with E-state index in [9.17, 15) is 10.1 Å². The molecule has 0 radical (unpaired) electrons. The Balaban J connectivity index is 2.08. The van der Waals surface area contributed by atoms with Crippen LogP contribution in [0.25, 0.3) is 0 Å². The minimum atomic E-state index is -0.416. The van der Waals surface area contributed by atoms with E-state index in [2.05, 4.69) is 10.2 Å². The molecule has 0 spiro atoms. The Hall–Kier alpha value is -1.17. The minimum absolute atomic E-state index is 0.00190. The molecule has 0 bridgehead atoms. The molecule has 1 aliphatic rings. The van der Waals surface area contributed by atoms with Gasteiger partial charge < -0.3 is 5.32 Å². The number of halogens is 1. The molecule has 1 atom stereocenters. The lowest BCUT2D eigenvalue weighted by atomic mass is 9.98. The highest BCUT2D eigenvalue weighted by Crippen LogP contribution is 2.27. The second-order valence-corrected chi connectivity index (χ2v) is 5.96. The lowest BCUT2D eigenvalue weighted by Crippen LogP contribution is -2.40. The zero-order valence-electron chi connectivity index (χ0n) is 12.3. The van der Waals surface area contributed by atoms with Gasteiger partial charge in [0, 0.05) is 18.7 Å². The fourth-order valence-corrected chi connectivity index (χ4v) is 3.12. The Labute approximate surface area is 130 Å². The summed E-state index contributed by atoms with van der Waals surface area (Å²) in [6, 6.07) is 5.67. The van der Waals surface area contributed by atoms with Gasteiger partial charge in [-0.15, -0.1) is 0 Å². The highest BCUT2D eigenvalue weighted by Gasteiger charge is 2.23. The second kappa shape index (κ2) is 7.73. The van der Waals surface area contributed by atoms with Crippen LogP contribution in [0.1, 0.15) is 31.2 Å². The fraction of sp³-hybridized carbons (Fsp3) is 0.600. The van der Waals surface area contributed by atoms with E-state index in [1.54, 1.807) is 12.1 Å². The highest BCUT2D eigenvalue weighted by atomic mass is 35.5. The Morgan fingerprint density at radius 1 is 1.48 bits per heavy atom. The van der Waals surface area contributed by atoms with Crippen LogP contribution in [0.3, 0.4) is 0 Å². The van der Waals surface area contributed by atoms with E-state index in [4.69, 9.17) is 11.6 Å². The van der Waals surface area contributed by atoms with Gasteiger partial charge in [0.1, 0.15) is 5.02 Å². The number of hydrogen-bond donors (Lipinski definition) is 1. The van der Waals surface area contributed by atoms with Crippen LogP contribution >= 0.6 is 11.6 Å². The van der Waals surface area contributed by atoms with Crippen molar-refractivity contribution in [1.29, 1.82) is 0 Å². The molecular weight excluding hydrogens is 290 g/mol. The van der Waals surface area contributed by atoms with Crippen molar-refractivity contribution in [3.63, 3.8) is 0 Å². The molecule has 116 valence electrons. The second-order valence-electron chi connectivity index (χ2n) is 5.56. The number of nitro benzene ring substituents is 1. The van der Waals surface area contributed by atoms with Crippen molar-refractivity contribution in [2.24, 2.45) is 0 Å². The van der Waals surface area contributed by atoms with Crippen LogP contribution in [0.5, 0.6) is 0 Å². The summed E-state index contributed by atoms with van der Waals surface area (Å²) in [5.74, 6) is 0. The Morgan fingerprint density at radius 3 is 3.00 bits per heavy atom. The van der Waals surface area contributed by atoms with Crippen LogP contribution in [-0.4, -0.2) is 36.0 Å². The number of hydrogen-bond acceptors (Lipinski definition) is 4. The third kappa shape index (κ3) is 4.40. The third-order valence-corrected chi connectivity index (χ3v) is 4.39. The summed E-state index contributed by atoms with van der Waals surface area (Å²) in [7, 11) is 1.97. The minimum Gasteiger partial charge on any atom is -0.320 e. The predicted molar refractivity (Wildman–Crippen MR) is 84.7 cm³/mol. The van der Waals surface area contributed by atoms with Gasteiger partial charge in [0.05, 0.1) is 4.92 Å². The predicted octanol–water partition coefficient (Wildman–Crippen LogP) is 3.21. The summed E-state index contributed by atoms with van der Waals surface area (Å²) in [4.78, 5) is 13.0. The number of benzene rings is 1. The largest absolute Gasteiger partial charge is 0.320 e. The number of likely N-dealkylation sites (tertiary alicyclic amines) is 1. The molecule has 0 saturated carbocycles. The summed E-state index contributed by atoms with van der Waals surface area (Å²) in [5.41, 5.74) is 0.959. The van der Waals surface area contributed by atoms with Crippen LogP contribution in [0.15, 0.2) is 18.2 Å². The van der Waals surface area contributed by atoms with Crippen LogP contribution in [0.2, 0.25) is 5.02 Å². The normalized spacial score (nSPS) is 19.6. The first-order valence-corrected chi connectivity index (χ1v) is 7.81. The number of rotatable bonds is 6. The van der Waals surface area contributed by atoms with Crippen molar-refractivity contribution in [2.75, 3.05) is 20.1 Å². The van der Waals surface area contributed by atoms with Crippen LogP contribution in [0, 0.1) is 10.1 Å². The first kappa shape index (κ1) is 16.2. The van der Waals surface area contributed by atoms with Crippen molar-refractivity contribution in [1.82, 2.24) is 10.2 Å². The van der Waals surface area contributed by atoms with Gasteiger partial charge in [-0.05, 0) is 51.0 Å². The van der Waals surface area contributed by atoms with Crippen molar-refractivity contribution in [3.8, 4) is 0 Å². The van der Waals surface area contributed by atoms with E-state index in [-0.39, 0.29) is 10.7 Å². The fourth-order valence-electron chi connectivity index (χ4n) is 2.94. The number of nitrogens with zero attached hydrogens (tertiary/aromatic N) is 2. The lowest BCUT2D eigenvalue weighted by Gasteiger charge is -2.35. The van der Waals surface area contributed by atoms with E-state index in [1.807, 2.05) is 13.1 Å². The monoisotopic (exact) mass is 311 g/mol. The van der Waals surface area contributed by atoms with Crippen molar-refractivity contribution in [3.05, 3.63) is 38.9 Å². The molecule has 1 aromatic rings. The van der Waals surface area contributed by atoms with E-state index < -0.39 is 4.92 Å². The van der Waals surface area contributed by atoms with Crippen LogP contribution < -0.4 is 5.32 Å². The van der Waals surface area contributed by atoms with Crippen molar-refractivity contribution in [2.45, 2.75) is 38.3 Å². The molecule has 1 N–H and O–H groups in total. The molecule has 1 fully saturated rings. The standard InChI is InChI=1S/C15H22ClN3O2/c1-17-8-7-13-4-2-3-9-18(13)11-12-5-6-14(16)15(10-12)19(20)21/h5-6,10,13,17H,2-4,7-9,11H2,1H3. The number of nitrogens with one attached hydrogen (secondary N) is 1. The molecule has 0 amide bonds. The quantitative estimate of drug-likeness (QED) is 0.647. The molecule has 1 aliphatic heterocycles. The summed E-state index contributed by atoms with van der Waals surface area (Å²) >= 11 is 5.87. The van der Waals surface area contributed by atoms with Gasteiger partial charge >= 0.3 is 0 Å². The van der Waals surface area contributed by atoms with Crippen molar-refractivity contribution >= 4 is 17.3 Å². The Kier molecular flexibility index (Phi) is 5.96. The van der Waals surface area contributed by atoms with Gasteiger partial charge in [-0.2, -0.15) is 0 Å². The van der Waals surface area contributed by atoms with E-state index in [0.29, 0.717) is 6.04 Å². The van der Waals surface area contributed by atoms with Crippen LogP contribution in [0.4, 0.5) is 5.69 Å². The smallest absolute Gasteiger partial charge is 0.288 e. The highest BCUT2D eigenvalue weighted by molar-refractivity contribution is 6.32. The molecular formula is C15H22ClN3O2. The average Bonchev–Trinajstić information content (AvgIpc) is 2.48. The van der Waals surface area contributed by atoms with E-state index in [0.717, 1.165) is 31.6 Å². The summed E-state index contributed by atoms with van der Waals surface area (Å²) < 4.78 is 0. The zero-order valence-corrected chi connectivity index (χ0v) is 13.1. The first-order chi connectivity index (χ1) is 10.1. The molecule has 1 unspecified atom stereocenters. The van der Waals surface area contributed by atoms with Gasteiger partial charge in [0.15, 0.2) is 0 Å². The molecule has 1 heterocycles. The van der Waals surface area contributed by atoms with Crippen molar-refractivity contribution < 1.29 is 4.92 Å². The summed E-state index contributed by atoms with van der Waals surface area (Å²) in [6.07, 6.45) is 4.79. The molecule has 0 aromatic heterocycles. The number of nitro groups is 1. The molecule has 1 saturated heterocycles. The van der Waals surface area contributed by atoms with Gasteiger partial charge in [-0.3, -0.25) is 15.0 Å². The molecule has 0 aliphatic carbocycles. The molecule has 2 rings (SSSR count). The molecule has 6 heteroatoms. The summed E-state index contributed by atoms with van der Waals surface area (Å²) in [5, 5.41) is 14.4. The topological polar surface area (TPSA) is 58.4 Å². The summed E-state index contributed by atoms with van der Waals surface area (Å²) in [6.45, 7) is 2.82. The molecule has 21 heavy (non-hydrogen) atoms. The van der Waals surface area contributed by atoms with E-state index >= 15 is 0 Å². The SMILES string of the molecule is CNCCC1CCCCN1Cc1ccc(Cl)c([N+](=O)[O-])c1.